The lowest BCUT2D eigenvalue weighted by Gasteiger charge is -2.27. The van der Waals surface area contributed by atoms with Crippen molar-refractivity contribution >= 4 is 11.4 Å². The number of quaternary nitrogens is 1. The molecule has 0 aliphatic carbocycles. The number of carbonyl (C=O) groups is 1. The molecule has 0 bridgehead atoms. The number of H-pyrrole nitrogens is 1. The summed E-state index contributed by atoms with van der Waals surface area (Å²) >= 11 is 0. The zero-order chi connectivity index (χ0) is 22.9. The van der Waals surface area contributed by atoms with Crippen LogP contribution in [0, 0.1) is 0 Å². The van der Waals surface area contributed by atoms with Crippen LogP contribution in [0.2, 0.25) is 0 Å². The molecule has 1 aliphatic rings. The molecule has 6 nitrogen and oxygen atoms in total. The molecule has 3 aromatic rings. The second-order valence-corrected chi connectivity index (χ2v) is 7.92. The number of nitrogens with zero attached hydrogens (tertiary/aromatic N) is 2. The van der Waals surface area contributed by atoms with E-state index in [9.17, 15) is 26.7 Å². The third-order valence-electron chi connectivity index (χ3n) is 5.63. The van der Waals surface area contributed by atoms with E-state index in [0.29, 0.717) is 17.9 Å². The number of carbonyl (C=O) groups excluding carboxylic acids is 1. The van der Waals surface area contributed by atoms with E-state index < -0.39 is 24.0 Å². The van der Waals surface area contributed by atoms with E-state index in [4.69, 9.17) is 0 Å². The fourth-order valence-corrected chi connectivity index (χ4v) is 3.94. The topological polar surface area (TPSA) is 66.3 Å². The van der Waals surface area contributed by atoms with Crippen LogP contribution >= 0.6 is 0 Å². The van der Waals surface area contributed by atoms with Gasteiger partial charge in [-0.15, -0.1) is 0 Å². The van der Waals surface area contributed by atoms with Gasteiger partial charge in [-0.3, -0.25) is 9.78 Å². The molecular weight excluding hydrogens is 433 g/mol. The first-order chi connectivity index (χ1) is 15.1. The Hall–Kier alpha value is -3.08. The molecule has 0 spiro atoms. The van der Waals surface area contributed by atoms with E-state index >= 15 is 0 Å². The van der Waals surface area contributed by atoms with E-state index in [1.807, 2.05) is 0 Å². The molecule has 4 rings (SSSR count). The van der Waals surface area contributed by atoms with Gasteiger partial charge in [0.15, 0.2) is 18.1 Å². The van der Waals surface area contributed by atoms with Crippen LogP contribution in [-0.4, -0.2) is 41.1 Å². The molecule has 1 atom stereocenters. The third-order valence-corrected chi connectivity index (χ3v) is 5.63. The average molecular weight is 455 g/mol. The van der Waals surface area contributed by atoms with E-state index in [-0.39, 0.29) is 37.2 Å². The van der Waals surface area contributed by atoms with Crippen molar-refractivity contribution in [3.63, 3.8) is 0 Å². The molecule has 32 heavy (non-hydrogen) atoms. The number of fused-ring (bicyclic) bond motifs is 1. The van der Waals surface area contributed by atoms with Gasteiger partial charge in [0.1, 0.15) is 0 Å². The van der Waals surface area contributed by atoms with Crippen molar-refractivity contribution < 1.29 is 36.0 Å². The van der Waals surface area contributed by atoms with Gasteiger partial charge in [-0.25, -0.2) is 13.8 Å². The van der Waals surface area contributed by atoms with Crippen LogP contribution in [0.4, 0.5) is 22.0 Å². The summed E-state index contributed by atoms with van der Waals surface area (Å²) in [5.74, 6) is -3.04. The Labute approximate surface area is 180 Å². The quantitative estimate of drug-likeness (QED) is 0.407. The number of hydrogen-bond donors (Lipinski definition) is 3. The zero-order valence-corrected chi connectivity index (χ0v) is 16.9. The normalized spacial score (nSPS) is 17.9. The number of amides is 1. The van der Waals surface area contributed by atoms with Crippen molar-refractivity contribution in [3.8, 4) is 0 Å². The van der Waals surface area contributed by atoms with Gasteiger partial charge < -0.3 is 10.2 Å². The Morgan fingerprint density at radius 1 is 1.22 bits per heavy atom. The minimum Gasteiger partial charge on any atom is -0.333 e. The molecule has 4 heterocycles. The number of nitrogens with one attached hydrogen (secondary N) is 3. The minimum atomic E-state index is -4.72. The molecule has 1 amide bonds. The molecule has 3 aromatic heterocycles. The largest absolute Gasteiger partial charge is 0.412 e. The molecule has 0 radical (unpaired) electrons. The van der Waals surface area contributed by atoms with Gasteiger partial charge in [-0.2, -0.15) is 17.6 Å². The average Bonchev–Trinajstić information content (AvgIpc) is 3.12. The molecule has 0 saturated carbocycles. The number of likely N-dealkylation sites (tertiary alicyclic amines) is 1. The Balaban J connectivity index is 1.61. The number of alkyl halides is 5. The maximum Gasteiger partial charge on any atom is 0.412 e. The number of halogens is 5. The highest BCUT2D eigenvalue weighted by Gasteiger charge is 2.43. The summed E-state index contributed by atoms with van der Waals surface area (Å²) in [5, 5.41) is 2.05. The maximum atomic E-state index is 13.7. The van der Waals surface area contributed by atoms with Crippen molar-refractivity contribution in [3.05, 3.63) is 66.0 Å². The fourth-order valence-electron chi connectivity index (χ4n) is 3.94. The highest BCUT2D eigenvalue weighted by atomic mass is 19.4. The predicted molar refractivity (Wildman–Crippen MR) is 103 cm³/mol. The first-order valence-corrected chi connectivity index (χ1v) is 10.1. The lowest BCUT2D eigenvalue weighted by atomic mass is 10.1. The summed E-state index contributed by atoms with van der Waals surface area (Å²) in [5.41, 5.74) is 0.185. The number of piperidine rings is 1. The summed E-state index contributed by atoms with van der Waals surface area (Å²) in [4.78, 5) is 20.4. The zero-order valence-electron chi connectivity index (χ0n) is 16.9. The minimum absolute atomic E-state index is 0.0273. The molecule has 170 valence electrons. The van der Waals surface area contributed by atoms with Gasteiger partial charge in [-0.05, 0) is 18.2 Å². The lowest BCUT2D eigenvalue weighted by molar-refractivity contribution is -0.927. The molecule has 3 N–H and O–H groups in total. The Kier molecular flexibility index (Phi) is 5.85. The number of rotatable bonds is 5. The van der Waals surface area contributed by atoms with Crippen molar-refractivity contribution in [1.82, 2.24) is 15.3 Å². The maximum absolute atomic E-state index is 13.7. The first-order valence-electron chi connectivity index (χ1n) is 10.1. The van der Waals surface area contributed by atoms with Crippen LogP contribution in [0.5, 0.6) is 0 Å². The van der Waals surface area contributed by atoms with E-state index in [1.54, 1.807) is 28.8 Å². The Morgan fingerprint density at radius 3 is 2.62 bits per heavy atom. The Bertz CT molecular complexity index is 1090. The van der Waals surface area contributed by atoms with Gasteiger partial charge in [0, 0.05) is 18.0 Å². The molecule has 11 heteroatoms. The highest BCUT2D eigenvalue weighted by Crippen LogP contribution is 2.32. The van der Waals surface area contributed by atoms with E-state index in [1.165, 1.54) is 18.3 Å². The predicted octanol–water partition coefficient (Wildman–Crippen LogP) is 2.00. The first kappa shape index (κ1) is 22.1. The van der Waals surface area contributed by atoms with Crippen molar-refractivity contribution in [1.29, 1.82) is 0 Å². The number of hydrogen-bond acceptors (Lipinski definition) is 2. The second-order valence-electron chi connectivity index (χ2n) is 7.92. The van der Waals surface area contributed by atoms with Crippen molar-refractivity contribution in [2.75, 3.05) is 13.1 Å². The number of imidazole rings is 1. The molecule has 1 saturated heterocycles. The fraction of sp³-hybridized carbons (Fsp3) is 0.381. The van der Waals surface area contributed by atoms with Gasteiger partial charge in [0.25, 0.3) is 11.8 Å². The third kappa shape index (κ3) is 4.72. The number of pyridine rings is 2. The van der Waals surface area contributed by atoms with Crippen LogP contribution in [-0.2, 0) is 6.54 Å². The second kappa shape index (κ2) is 8.45. The standard InChI is InChI=1S/C21H20F5N5O/c22-20(23)6-10-30(11-7-20)13-16-28-17(15-5-1-2-9-31(15)16)19(32)29-18(21(24,25)26)14-4-3-8-27-12-14/h1-5,8-9,12,18H,6-7,10-11,13H2,(H,29,32)/p+2. The van der Waals surface area contributed by atoms with Crippen LogP contribution < -0.4 is 14.6 Å². The summed E-state index contributed by atoms with van der Waals surface area (Å²) < 4.78 is 69.5. The van der Waals surface area contributed by atoms with Crippen LogP contribution in [0.25, 0.3) is 5.52 Å². The van der Waals surface area contributed by atoms with Gasteiger partial charge >= 0.3 is 12.0 Å². The molecule has 0 aromatic carbocycles. The number of aromatic nitrogens is 3. The van der Waals surface area contributed by atoms with Crippen molar-refractivity contribution in [2.45, 2.75) is 37.5 Å². The van der Waals surface area contributed by atoms with Gasteiger partial charge in [0.2, 0.25) is 5.69 Å². The van der Waals surface area contributed by atoms with Gasteiger partial charge in [-0.1, -0.05) is 12.1 Å². The molecule has 1 unspecified atom stereocenters. The van der Waals surface area contributed by atoms with Crippen molar-refractivity contribution in [2.24, 2.45) is 0 Å². The SMILES string of the molecule is O=C(NC(c1cccnc1)C(F)(F)F)c1[nH]c(C[NH+]2CCC(F)(F)CC2)[n+]2ccccc12. The summed E-state index contributed by atoms with van der Waals surface area (Å²) in [6.07, 6.45) is -1.09. The van der Waals surface area contributed by atoms with Crippen LogP contribution in [0.15, 0.2) is 48.9 Å². The molecule has 1 fully saturated rings. The molecule has 1 aliphatic heterocycles. The van der Waals surface area contributed by atoms with Crippen LogP contribution in [0.3, 0.4) is 0 Å². The summed E-state index contributed by atoms with van der Waals surface area (Å²) in [6, 6.07) is 5.38. The van der Waals surface area contributed by atoms with Gasteiger partial charge in [0.05, 0.1) is 32.1 Å². The summed E-state index contributed by atoms with van der Waals surface area (Å²) in [7, 11) is 0. The highest BCUT2D eigenvalue weighted by molar-refractivity contribution is 5.98. The van der Waals surface area contributed by atoms with E-state index in [0.717, 1.165) is 11.1 Å². The number of aromatic amines is 1. The molecular formula is C21H22F5N5O+2. The van der Waals surface area contributed by atoms with Crippen LogP contribution in [0.1, 0.15) is 40.8 Å². The monoisotopic (exact) mass is 455 g/mol. The lowest BCUT2D eigenvalue weighted by Crippen LogP contribution is -3.12. The summed E-state index contributed by atoms with van der Waals surface area (Å²) in [6.45, 7) is 0.860. The smallest absolute Gasteiger partial charge is 0.333 e. The Morgan fingerprint density at radius 2 is 1.97 bits per heavy atom. The van der Waals surface area contributed by atoms with E-state index in [2.05, 4.69) is 15.3 Å².